The Kier molecular flexibility index (Phi) is 8.02. The monoisotopic (exact) mass is 606 g/mol. The molecule has 5 nitrogen and oxygen atoms in total. The van der Waals surface area contributed by atoms with Gasteiger partial charge in [-0.2, -0.15) is 26.3 Å². The van der Waals surface area contributed by atoms with Gasteiger partial charge in [0.25, 0.3) is 0 Å². The van der Waals surface area contributed by atoms with Gasteiger partial charge in [0, 0.05) is 24.4 Å². The summed E-state index contributed by atoms with van der Waals surface area (Å²) in [6.07, 6.45) is -8.70. The van der Waals surface area contributed by atoms with Crippen molar-refractivity contribution in [3.8, 4) is 0 Å². The second-order valence-corrected chi connectivity index (χ2v) is 12.1. The van der Waals surface area contributed by atoms with E-state index in [0.29, 0.717) is 0 Å². The van der Waals surface area contributed by atoms with E-state index in [1.54, 1.807) is 0 Å². The fourth-order valence-corrected chi connectivity index (χ4v) is 7.37. The third-order valence-corrected chi connectivity index (χ3v) is 10.0. The summed E-state index contributed by atoms with van der Waals surface area (Å²) in [4.78, 5) is 20.1. The van der Waals surface area contributed by atoms with E-state index in [-0.39, 0.29) is 72.1 Å². The van der Waals surface area contributed by atoms with Crippen LogP contribution in [0.25, 0.3) is 0 Å². The number of carbonyl (C=O) groups excluding carboxylic acids is 1. The van der Waals surface area contributed by atoms with Crippen LogP contribution in [0.3, 0.4) is 0 Å². The lowest BCUT2D eigenvalue weighted by Crippen LogP contribution is -2.50. The lowest BCUT2D eigenvalue weighted by atomic mass is 9.75. The van der Waals surface area contributed by atoms with E-state index in [4.69, 9.17) is 0 Å². The standard InChI is InChI=1S/C27H22F8N2O3S/c28-20-5-7-21(8-6-20)41(39,40)24(11-9-17(10-12-24)15-23(38)22-16-36-13-14-37-22)18-1-3-19(4-2-18)25(29,26(30,31)32)27(33,34)35/h1-8,13-14,16-17H,9-12,15H2. The van der Waals surface area contributed by atoms with E-state index in [2.05, 4.69) is 9.97 Å². The Bertz CT molecular complexity index is 1470. The number of Topliss-reactive ketones (excluding diaryl/α,β-unsaturated/α-hetero) is 1. The third kappa shape index (κ3) is 5.45. The maximum atomic E-state index is 14.6. The third-order valence-electron chi connectivity index (χ3n) is 7.46. The van der Waals surface area contributed by atoms with Crippen molar-refractivity contribution in [1.82, 2.24) is 9.97 Å². The molecule has 0 atom stereocenters. The molecule has 1 fully saturated rings. The van der Waals surface area contributed by atoms with Crippen LogP contribution in [0.4, 0.5) is 35.1 Å². The van der Waals surface area contributed by atoms with Crippen molar-refractivity contribution in [1.29, 1.82) is 0 Å². The van der Waals surface area contributed by atoms with Crippen molar-refractivity contribution >= 4 is 15.6 Å². The molecule has 4 rings (SSSR count). The van der Waals surface area contributed by atoms with Gasteiger partial charge in [-0.1, -0.05) is 24.3 Å². The highest BCUT2D eigenvalue weighted by molar-refractivity contribution is 7.92. The maximum absolute atomic E-state index is 14.6. The first-order valence-electron chi connectivity index (χ1n) is 12.3. The largest absolute Gasteiger partial charge is 0.435 e. The van der Waals surface area contributed by atoms with Gasteiger partial charge < -0.3 is 0 Å². The van der Waals surface area contributed by atoms with Gasteiger partial charge in [0.2, 0.25) is 0 Å². The minimum atomic E-state index is -6.33. The lowest BCUT2D eigenvalue weighted by molar-refractivity contribution is -0.348. The summed E-state index contributed by atoms with van der Waals surface area (Å²) in [6, 6.07) is 5.86. The van der Waals surface area contributed by atoms with Crippen LogP contribution in [0.1, 0.15) is 53.7 Å². The van der Waals surface area contributed by atoms with Crippen LogP contribution < -0.4 is 0 Å². The van der Waals surface area contributed by atoms with Gasteiger partial charge in [-0.3, -0.25) is 9.78 Å². The highest BCUT2D eigenvalue weighted by atomic mass is 32.2. The van der Waals surface area contributed by atoms with Gasteiger partial charge in [-0.25, -0.2) is 22.2 Å². The van der Waals surface area contributed by atoms with Crippen LogP contribution in [0.5, 0.6) is 0 Å². The van der Waals surface area contributed by atoms with Gasteiger partial charge in [0.15, 0.2) is 15.6 Å². The van der Waals surface area contributed by atoms with Gasteiger partial charge in [0.1, 0.15) is 16.3 Å². The number of halogens is 8. The quantitative estimate of drug-likeness (QED) is 0.164. The molecule has 0 spiro atoms. The summed E-state index contributed by atoms with van der Waals surface area (Å²) < 4.78 is 134. The Balaban J connectivity index is 1.72. The molecule has 0 aliphatic heterocycles. The highest BCUT2D eigenvalue weighted by Gasteiger charge is 2.73. The molecule has 1 saturated carbocycles. The Morgan fingerprint density at radius 3 is 1.90 bits per heavy atom. The first kappa shape index (κ1) is 30.5. The second-order valence-electron chi connectivity index (χ2n) is 9.84. The number of hydrogen-bond donors (Lipinski definition) is 0. The van der Waals surface area contributed by atoms with Crippen LogP contribution in [0.2, 0.25) is 0 Å². The smallest absolute Gasteiger partial charge is 0.292 e. The van der Waals surface area contributed by atoms with Gasteiger partial charge >= 0.3 is 18.0 Å². The maximum Gasteiger partial charge on any atom is 0.435 e. The van der Waals surface area contributed by atoms with E-state index < -0.39 is 44.0 Å². The van der Waals surface area contributed by atoms with Crippen LogP contribution in [0.15, 0.2) is 72.0 Å². The molecule has 1 heterocycles. The lowest BCUT2D eigenvalue weighted by Gasteiger charge is -2.40. The molecule has 0 saturated heterocycles. The zero-order chi connectivity index (χ0) is 30.3. The number of benzene rings is 2. The summed E-state index contributed by atoms with van der Waals surface area (Å²) in [7, 11) is -4.41. The summed E-state index contributed by atoms with van der Waals surface area (Å²) in [5.74, 6) is -1.37. The molecule has 0 unspecified atom stereocenters. The van der Waals surface area contributed by atoms with Gasteiger partial charge in [-0.05, 0) is 61.4 Å². The van der Waals surface area contributed by atoms with E-state index >= 15 is 0 Å². The first-order chi connectivity index (χ1) is 19.0. The average molecular weight is 607 g/mol. The van der Waals surface area contributed by atoms with E-state index in [1.807, 2.05) is 0 Å². The fourth-order valence-electron chi connectivity index (χ4n) is 5.20. The summed E-state index contributed by atoms with van der Waals surface area (Å²) >= 11 is 0. The van der Waals surface area contributed by atoms with Crippen molar-refractivity contribution in [3.63, 3.8) is 0 Å². The molecule has 0 amide bonds. The number of nitrogens with zero attached hydrogens (tertiary/aromatic N) is 2. The van der Waals surface area contributed by atoms with Crippen LogP contribution in [-0.4, -0.2) is 36.5 Å². The number of rotatable bonds is 7. The van der Waals surface area contributed by atoms with Crippen molar-refractivity contribution in [3.05, 3.63) is 89.8 Å². The number of alkyl halides is 7. The number of ketones is 1. The molecule has 14 heteroatoms. The molecule has 3 aromatic rings. The Hall–Kier alpha value is -3.42. The molecule has 0 N–H and O–H groups in total. The molecule has 2 aromatic carbocycles. The van der Waals surface area contributed by atoms with Crippen molar-refractivity contribution in [2.75, 3.05) is 0 Å². The summed E-state index contributed by atoms with van der Waals surface area (Å²) in [5.41, 5.74) is -7.47. The van der Waals surface area contributed by atoms with E-state index in [0.717, 1.165) is 36.4 Å². The van der Waals surface area contributed by atoms with Gasteiger partial charge in [-0.15, -0.1) is 0 Å². The molecular weight excluding hydrogens is 584 g/mol. The number of sulfone groups is 1. The fraction of sp³-hybridized carbons (Fsp3) is 0.370. The molecule has 1 aliphatic rings. The summed E-state index contributed by atoms with van der Waals surface area (Å²) in [6.45, 7) is 0. The van der Waals surface area contributed by atoms with Gasteiger partial charge in [0.05, 0.1) is 11.1 Å². The Labute approximate surface area is 229 Å². The molecule has 0 bridgehead atoms. The van der Waals surface area contributed by atoms with Crippen molar-refractivity contribution < 1.29 is 48.3 Å². The molecular formula is C27H22F8N2O3S. The first-order valence-corrected chi connectivity index (χ1v) is 13.7. The SMILES string of the molecule is O=C(CC1CCC(c2ccc(C(F)(C(F)(F)F)C(F)(F)F)cc2)(S(=O)(=O)c2ccc(F)cc2)CC1)c1cnccn1. The van der Waals surface area contributed by atoms with Crippen LogP contribution >= 0.6 is 0 Å². The second kappa shape index (κ2) is 10.8. The zero-order valence-corrected chi connectivity index (χ0v) is 21.8. The number of carbonyl (C=O) groups is 1. The Morgan fingerprint density at radius 2 is 1.41 bits per heavy atom. The van der Waals surface area contributed by atoms with Crippen molar-refractivity contribution in [2.24, 2.45) is 5.92 Å². The Morgan fingerprint density at radius 1 is 0.854 bits per heavy atom. The molecule has 41 heavy (non-hydrogen) atoms. The summed E-state index contributed by atoms with van der Waals surface area (Å²) in [5, 5.41) is 0. The van der Waals surface area contributed by atoms with E-state index in [1.165, 1.54) is 18.6 Å². The molecule has 220 valence electrons. The van der Waals surface area contributed by atoms with Crippen molar-refractivity contribution in [2.45, 2.75) is 59.8 Å². The van der Waals surface area contributed by atoms with E-state index in [9.17, 15) is 48.3 Å². The predicted molar refractivity (Wildman–Crippen MR) is 130 cm³/mol. The zero-order valence-electron chi connectivity index (χ0n) is 21.0. The van der Waals surface area contributed by atoms with Crippen LogP contribution in [0, 0.1) is 11.7 Å². The number of hydrogen-bond acceptors (Lipinski definition) is 5. The number of aromatic nitrogens is 2. The molecule has 0 radical (unpaired) electrons. The average Bonchev–Trinajstić information content (AvgIpc) is 2.92. The predicted octanol–water partition coefficient (Wildman–Crippen LogP) is 7.04. The van der Waals surface area contributed by atoms with Crippen LogP contribution in [-0.2, 0) is 20.3 Å². The topological polar surface area (TPSA) is 77.0 Å². The minimum Gasteiger partial charge on any atom is -0.292 e. The molecule has 1 aromatic heterocycles. The minimum absolute atomic E-state index is 0.00580. The normalized spacial score (nSPS) is 20.5. The highest BCUT2D eigenvalue weighted by Crippen LogP contribution is 2.54. The molecule has 1 aliphatic carbocycles.